The summed E-state index contributed by atoms with van der Waals surface area (Å²) in [5.74, 6) is 1.36. The number of aryl methyl sites for hydroxylation is 1. The fourth-order valence-corrected chi connectivity index (χ4v) is 2.40. The lowest BCUT2D eigenvalue weighted by Gasteiger charge is -2.07. The Hall–Kier alpha value is -1.48. The monoisotopic (exact) mass is 296 g/mol. The zero-order valence-corrected chi connectivity index (χ0v) is 12.8. The third kappa shape index (κ3) is 4.57. The van der Waals surface area contributed by atoms with Crippen LogP contribution in [0.1, 0.15) is 19.5 Å². The van der Waals surface area contributed by atoms with Gasteiger partial charge in [0.05, 0.1) is 12.2 Å². The Morgan fingerprint density at radius 2 is 2.15 bits per heavy atom. The molecule has 0 aliphatic heterocycles. The van der Waals surface area contributed by atoms with Crippen LogP contribution in [-0.4, -0.2) is 48.3 Å². The molecule has 0 aromatic carbocycles. The molecule has 2 heterocycles. The van der Waals surface area contributed by atoms with Crippen molar-refractivity contribution in [2.45, 2.75) is 31.3 Å². The lowest BCUT2D eigenvalue weighted by Crippen LogP contribution is -2.24. The lowest BCUT2D eigenvalue weighted by atomic mass is 10.2. The second-order valence-electron chi connectivity index (χ2n) is 4.95. The molecule has 9 heteroatoms. The number of aromatic nitrogens is 7. The third-order valence-corrected chi connectivity index (χ3v) is 3.54. The molecule has 0 fully saturated rings. The van der Waals surface area contributed by atoms with Crippen LogP contribution in [0, 0.1) is 5.92 Å². The van der Waals surface area contributed by atoms with Crippen LogP contribution in [0.25, 0.3) is 0 Å². The molecule has 20 heavy (non-hydrogen) atoms. The predicted molar refractivity (Wildman–Crippen MR) is 76.1 cm³/mol. The quantitative estimate of drug-likeness (QED) is 0.555. The molecule has 0 unspecified atom stereocenters. The average molecular weight is 296 g/mol. The van der Waals surface area contributed by atoms with Crippen LogP contribution >= 0.6 is 11.8 Å². The van der Waals surface area contributed by atoms with Gasteiger partial charge in [-0.25, -0.2) is 4.68 Å². The molecule has 0 aliphatic carbocycles. The highest BCUT2D eigenvalue weighted by molar-refractivity contribution is 7.98. The van der Waals surface area contributed by atoms with Crippen LogP contribution in [0.5, 0.6) is 0 Å². The third-order valence-electron chi connectivity index (χ3n) is 2.55. The molecule has 0 radical (unpaired) electrons. The smallest absolute Gasteiger partial charge is 0.209 e. The minimum Gasteiger partial charge on any atom is -0.315 e. The Kier molecular flexibility index (Phi) is 5.48. The molecule has 0 atom stereocenters. The van der Waals surface area contributed by atoms with Gasteiger partial charge in [-0.3, -0.25) is 4.68 Å². The van der Waals surface area contributed by atoms with Gasteiger partial charge in [-0.1, -0.05) is 30.8 Å². The zero-order chi connectivity index (χ0) is 14.4. The number of hydrogen-bond acceptors (Lipinski definition) is 7. The molecule has 2 rings (SSSR count). The van der Waals surface area contributed by atoms with E-state index in [4.69, 9.17) is 0 Å². The van der Waals surface area contributed by atoms with Gasteiger partial charge in [0.25, 0.3) is 0 Å². The first-order chi connectivity index (χ1) is 9.65. The van der Waals surface area contributed by atoms with E-state index >= 15 is 0 Å². The molecule has 110 valence electrons. The van der Waals surface area contributed by atoms with Gasteiger partial charge in [-0.2, -0.15) is 0 Å². The largest absolute Gasteiger partial charge is 0.315 e. The van der Waals surface area contributed by atoms with E-state index in [-0.39, 0.29) is 0 Å². The summed E-state index contributed by atoms with van der Waals surface area (Å²) in [5.41, 5.74) is 0.921. The van der Waals surface area contributed by atoms with Crippen molar-refractivity contribution in [1.82, 2.24) is 40.5 Å². The van der Waals surface area contributed by atoms with E-state index in [1.165, 1.54) is 0 Å². The first-order valence-electron chi connectivity index (χ1n) is 6.60. The van der Waals surface area contributed by atoms with Crippen molar-refractivity contribution in [3.05, 3.63) is 11.9 Å². The first kappa shape index (κ1) is 14.9. The highest BCUT2D eigenvalue weighted by Crippen LogP contribution is 2.17. The highest BCUT2D eigenvalue weighted by atomic mass is 32.2. The molecular formula is C11H20N8S. The molecule has 8 nitrogen and oxygen atoms in total. The molecular weight excluding hydrogens is 276 g/mol. The van der Waals surface area contributed by atoms with E-state index in [0.29, 0.717) is 11.7 Å². The van der Waals surface area contributed by atoms with Gasteiger partial charge in [-0.05, 0) is 22.9 Å². The second kappa shape index (κ2) is 7.34. The lowest BCUT2D eigenvalue weighted by molar-refractivity contribution is 0.482. The summed E-state index contributed by atoms with van der Waals surface area (Å²) in [6.07, 6.45) is 1.89. The number of tetrazole rings is 1. The average Bonchev–Trinajstić information content (AvgIpc) is 3.01. The van der Waals surface area contributed by atoms with Crippen molar-refractivity contribution in [3.8, 4) is 0 Å². The number of nitrogens with zero attached hydrogens (tertiary/aromatic N) is 7. The van der Waals surface area contributed by atoms with Gasteiger partial charge in [-0.15, -0.1) is 10.2 Å². The van der Waals surface area contributed by atoms with E-state index in [1.54, 1.807) is 16.4 Å². The van der Waals surface area contributed by atoms with Crippen LogP contribution in [0.3, 0.4) is 0 Å². The normalized spacial score (nSPS) is 11.4. The van der Waals surface area contributed by atoms with Crippen LogP contribution in [0.15, 0.2) is 11.4 Å². The summed E-state index contributed by atoms with van der Waals surface area (Å²) in [6.45, 7) is 7.01. The van der Waals surface area contributed by atoms with Gasteiger partial charge in [0.15, 0.2) is 0 Å². The Balaban J connectivity index is 1.79. The van der Waals surface area contributed by atoms with Crippen LogP contribution in [0.2, 0.25) is 0 Å². The van der Waals surface area contributed by atoms with Crippen LogP contribution < -0.4 is 5.32 Å². The Labute approximate surface area is 122 Å². The van der Waals surface area contributed by atoms with Crippen molar-refractivity contribution in [2.24, 2.45) is 13.0 Å². The van der Waals surface area contributed by atoms with Gasteiger partial charge in [0.2, 0.25) is 5.16 Å². The number of hydrogen-bond donors (Lipinski definition) is 1. The maximum absolute atomic E-state index is 4.04. The van der Waals surface area contributed by atoms with Crippen molar-refractivity contribution in [3.63, 3.8) is 0 Å². The first-order valence-corrected chi connectivity index (χ1v) is 7.58. The van der Waals surface area contributed by atoms with Gasteiger partial charge in [0.1, 0.15) is 0 Å². The Bertz CT molecular complexity index is 520. The second-order valence-corrected chi connectivity index (χ2v) is 5.90. The van der Waals surface area contributed by atoms with E-state index < -0.39 is 0 Å². The summed E-state index contributed by atoms with van der Waals surface area (Å²) >= 11 is 1.57. The number of rotatable bonds is 8. The summed E-state index contributed by atoms with van der Waals surface area (Å²) in [5, 5.41) is 23.9. The molecule has 2 aromatic heterocycles. The maximum atomic E-state index is 4.04. The van der Waals surface area contributed by atoms with Crippen LogP contribution in [0.4, 0.5) is 0 Å². The molecule has 0 saturated heterocycles. The molecule has 2 aromatic rings. The number of nitrogens with one attached hydrogen (secondary N) is 1. The summed E-state index contributed by atoms with van der Waals surface area (Å²) in [4.78, 5) is 0. The van der Waals surface area contributed by atoms with Gasteiger partial charge in [0, 0.05) is 25.5 Å². The van der Waals surface area contributed by atoms with E-state index in [2.05, 4.69) is 45.0 Å². The number of thioether (sulfide) groups is 1. The van der Waals surface area contributed by atoms with E-state index in [1.807, 2.05) is 17.9 Å². The van der Waals surface area contributed by atoms with Crippen molar-refractivity contribution < 1.29 is 0 Å². The molecule has 1 N–H and O–H groups in total. The fourth-order valence-electron chi connectivity index (χ4n) is 1.62. The van der Waals surface area contributed by atoms with E-state index in [9.17, 15) is 0 Å². The SMILES string of the molecule is CC(C)CNCCn1nnnc1SCc1cn(C)nn1. The summed E-state index contributed by atoms with van der Waals surface area (Å²) < 4.78 is 3.50. The molecule has 0 bridgehead atoms. The van der Waals surface area contributed by atoms with Crippen molar-refractivity contribution in [2.75, 3.05) is 13.1 Å². The maximum Gasteiger partial charge on any atom is 0.209 e. The highest BCUT2D eigenvalue weighted by Gasteiger charge is 2.08. The van der Waals surface area contributed by atoms with Gasteiger partial charge < -0.3 is 5.32 Å². The Morgan fingerprint density at radius 1 is 1.30 bits per heavy atom. The van der Waals surface area contributed by atoms with Crippen LogP contribution in [-0.2, 0) is 19.3 Å². The standard InChI is InChI=1S/C11H20N8S/c1-9(2)6-12-4-5-19-11(14-15-17-19)20-8-10-7-18(3)16-13-10/h7,9,12H,4-6,8H2,1-3H3. The summed E-state index contributed by atoms with van der Waals surface area (Å²) in [6, 6.07) is 0. The topological polar surface area (TPSA) is 86.3 Å². The van der Waals surface area contributed by atoms with Crippen molar-refractivity contribution >= 4 is 11.8 Å². The zero-order valence-electron chi connectivity index (χ0n) is 12.0. The molecule has 0 aliphatic rings. The Morgan fingerprint density at radius 3 is 2.85 bits per heavy atom. The molecule has 0 amide bonds. The van der Waals surface area contributed by atoms with Gasteiger partial charge >= 0.3 is 0 Å². The van der Waals surface area contributed by atoms with E-state index in [0.717, 1.165) is 30.5 Å². The predicted octanol–water partition coefficient (Wildman–Crippen LogP) is 0.339. The summed E-state index contributed by atoms with van der Waals surface area (Å²) in [7, 11) is 1.85. The minimum atomic E-state index is 0.648. The van der Waals surface area contributed by atoms with Crippen molar-refractivity contribution in [1.29, 1.82) is 0 Å². The minimum absolute atomic E-state index is 0.648. The fraction of sp³-hybridized carbons (Fsp3) is 0.727. The molecule has 0 saturated carbocycles. The molecule has 0 spiro atoms.